The number of hydrogen-bond donors (Lipinski definition) is 1. The van der Waals surface area contributed by atoms with E-state index in [-0.39, 0.29) is 5.91 Å². The van der Waals surface area contributed by atoms with Crippen molar-refractivity contribution in [2.24, 2.45) is 0 Å². The molecule has 0 aliphatic carbocycles. The Bertz CT molecular complexity index is 1520. The molecule has 0 spiro atoms. The minimum Gasteiger partial charge on any atom is -0.321 e. The van der Waals surface area contributed by atoms with Gasteiger partial charge in [0.05, 0.1) is 43.2 Å². The number of fused-ring (bicyclic) bond motifs is 1. The molecule has 5 rings (SSSR count). The van der Waals surface area contributed by atoms with Gasteiger partial charge in [-0.2, -0.15) is 0 Å². The Kier molecular flexibility index (Phi) is 6.20. The topological polar surface area (TPSA) is 54.9 Å². The van der Waals surface area contributed by atoms with Crippen molar-refractivity contribution in [3.63, 3.8) is 0 Å². The number of halogens is 3. The molecule has 0 aliphatic heterocycles. The highest BCUT2D eigenvalue weighted by molar-refractivity contribution is 6.44. The minimum atomic E-state index is -0.350. The Hall–Kier alpha value is -3.44. The van der Waals surface area contributed by atoms with E-state index in [4.69, 9.17) is 44.8 Å². The number of aromatic nitrogens is 2. The molecule has 0 radical (unpaired) electrons. The second-order valence-electron chi connectivity index (χ2n) is 7.56. The van der Waals surface area contributed by atoms with E-state index >= 15 is 0 Å². The smallest absolute Gasteiger partial charge is 0.255 e. The number of nitrogens with zero attached hydrogens (tertiary/aromatic N) is 2. The summed E-state index contributed by atoms with van der Waals surface area (Å²) >= 11 is 18.3. The molecule has 34 heavy (non-hydrogen) atoms. The molecule has 0 bridgehead atoms. The first-order valence-corrected chi connectivity index (χ1v) is 11.5. The monoisotopic (exact) mass is 503 g/mol. The van der Waals surface area contributed by atoms with Gasteiger partial charge < -0.3 is 5.32 Å². The van der Waals surface area contributed by atoms with Gasteiger partial charge in [0.15, 0.2) is 0 Å². The third-order valence-electron chi connectivity index (χ3n) is 5.28. The molecular weight excluding hydrogens is 489 g/mol. The zero-order valence-corrected chi connectivity index (χ0v) is 19.9. The molecule has 0 aliphatic rings. The van der Waals surface area contributed by atoms with Crippen LogP contribution in [0.25, 0.3) is 33.5 Å². The molecular formula is C27H16Cl3N3O. The van der Waals surface area contributed by atoms with Crippen molar-refractivity contribution >= 4 is 57.4 Å². The fourth-order valence-corrected chi connectivity index (χ4v) is 4.20. The summed E-state index contributed by atoms with van der Waals surface area (Å²) in [5, 5.41) is 3.69. The zero-order valence-electron chi connectivity index (χ0n) is 17.6. The fraction of sp³-hybridized carbons (Fsp3) is 0. The molecule has 0 unspecified atom stereocenters. The molecule has 1 amide bonds. The Morgan fingerprint density at radius 3 is 1.79 bits per heavy atom. The Balaban J connectivity index is 1.58. The predicted octanol–water partition coefficient (Wildman–Crippen LogP) is 8.18. The van der Waals surface area contributed by atoms with Crippen molar-refractivity contribution < 1.29 is 4.79 Å². The lowest BCUT2D eigenvalue weighted by atomic mass is 10.0. The summed E-state index contributed by atoms with van der Waals surface area (Å²) < 4.78 is 0. The van der Waals surface area contributed by atoms with Crippen LogP contribution in [0.3, 0.4) is 0 Å². The lowest BCUT2D eigenvalue weighted by molar-refractivity contribution is 0.102. The SMILES string of the molecule is O=C(Nc1cc(Cl)c(Cl)cc1Cl)c1ccc2nc(-c3ccccc3)c(-c3ccccc3)nc2c1. The summed E-state index contributed by atoms with van der Waals surface area (Å²) in [6.45, 7) is 0. The van der Waals surface area contributed by atoms with E-state index < -0.39 is 0 Å². The molecule has 1 heterocycles. The number of amides is 1. The second-order valence-corrected chi connectivity index (χ2v) is 8.78. The van der Waals surface area contributed by atoms with Crippen molar-refractivity contribution in [2.45, 2.75) is 0 Å². The first-order valence-electron chi connectivity index (χ1n) is 10.4. The van der Waals surface area contributed by atoms with Crippen LogP contribution in [0, 0.1) is 0 Å². The van der Waals surface area contributed by atoms with Crippen molar-refractivity contribution in [3.05, 3.63) is 112 Å². The van der Waals surface area contributed by atoms with Gasteiger partial charge >= 0.3 is 0 Å². The number of hydrogen-bond acceptors (Lipinski definition) is 3. The van der Waals surface area contributed by atoms with E-state index in [9.17, 15) is 4.79 Å². The molecule has 7 heteroatoms. The number of carbonyl (C=O) groups is 1. The van der Waals surface area contributed by atoms with Gasteiger partial charge in [-0.15, -0.1) is 0 Å². The van der Waals surface area contributed by atoms with Gasteiger partial charge in [0.1, 0.15) is 0 Å². The van der Waals surface area contributed by atoms with E-state index in [1.807, 2.05) is 60.7 Å². The third kappa shape index (κ3) is 4.48. The van der Waals surface area contributed by atoms with Crippen LogP contribution in [-0.4, -0.2) is 15.9 Å². The lowest BCUT2D eigenvalue weighted by Crippen LogP contribution is -2.12. The maximum atomic E-state index is 13.0. The Labute approximate surface area is 211 Å². The molecule has 1 N–H and O–H groups in total. The van der Waals surface area contributed by atoms with Crippen LogP contribution in [0.2, 0.25) is 15.1 Å². The number of carbonyl (C=O) groups excluding carboxylic acids is 1. The molecule has 5 aromatic rings. The summed E-state index contributed by atoms with van der Waals surface area (Å²) in [5.41, 5.74) is 5.49. The first-order chi connectivity index (χ1) is 16.5. The molecule has 0 atom stereocenters. The Morgan fingerprint density at radius 2 is 1.18 bits per heavy atom. The molecule has 1 aromatic heterocycles. The molecule has 0 saturated carbocycles. The normalized spacial score (nSPS) is 10.9. The van der Waals surface area contributed by atoms with Gasteiger partial charge in [0, 0.05) is 16.7 Å². The summed E-state index contributed by atoms with van der Waals surface area (Å²) in [6, 6.07) is 28.0. The number of rotatable bonds is 4. The van der Waals surface area contributed by atoms with Crippen LogP contribution in [0.4, 0.5) is 5.69 Å². The summed E-state index contributed by atoms with van der Waals surface area (Å²) in [7, 11) is 0. The maximum Gasteiger partial charge on any atom is 0.255 e. The number of nitrogens with one attached hydrogen (secondary N) is 1. The van der Waals surface area contributed by atoms with E-state index in [0.717, 1.165) is 22.5 Å². The van der Waals surface area contributed by atoms with E-state index in [1.54, 1.807) is 18.2 Å². The third-order valence-corrected chi connectivity index (χ3v) is 6.31. The zero-order chi connectivity index (χ0) is 23.7. The van der Waals surface area contributed by atoms with Crippen LogP contribution in [0.5, 0.6) is 0 Å². The van der Waals surface area contributed by atoms with Gasteiger partial charge in [-0.1, -0.05) is 95.5 Å². The quantitative estimate of drug-likeness (QED) is 0.251. The average Bonchev–Trinajstić information content (AvgIpc) is 2.87. The van der Waals surface area contributed by atoms with Crippen LogP contribution >= 0.6 is 34.8 Å². The largest absolute Gasteiger partial charge is 0.321 e. The second kappa shape index (κ2) is 9.43. The van der Waals surface area contributed by atoms with Crippen LogP contribution < -0.4 is 5.32 Å². The van der Waals surface area contributed by atoms with E-state index in [1.165, 1.54) is 12.1 Å². The van der Waals surface area contributed by atoms with Crippen LogP contribution in [0.1, 0.15) is 10.4 Å². The van der Waals surface area contributed by atoms with Crippen molar-refractivity contribution in [2.75, 3.05) is 5.32 Å². The molecule has 4 aromatic carbocycles. The van der Waals surface area contributed by atoms with E-state index in [2.05, 4.69) is 5.32 Å². The highest BCUT2D eigenvalue weighted by Crippen LogP contribution is 2.33. The maximum absolute atomic E-state index is 13.0. The summed E-state index contributed by atoms with van der Waals surface area (Å²) in [5.74, 6) is -0.350. The molecule has 4 nitrogen and oxygen atoms in total. The van der Waals surface area contributed by atoms with Crippen LogP contribution in [0.15, 0.2) is 91.0 Å². The number of benzene rings is 4. The lowest BCUT2D eigenvalue weighted by Gasteiger charge is -2.12. The molecule has 166 valence electrons. The Morgan fingerprint density at radius 1 is 0.618 bits per heavy atom. The van der Waals surface area contributed by atoms with Crippen molar-refractivity contribution in [1.82, 2.24) is 9.97 Å². The molecule has 0 saturated heterocycles. The van der Waals surface area contributed by atoms with Gasteiger partial charge in [0.2, 0.25) is 0 Å². The number of anilines is 1. The summed E-state index contributed by atoms with van der Waals surface area (Å²) in [6.07, 6.45) is 0. The fourth-order valence-electron chi connectivity index (χ4n) is 3.60. The highest BCUT2D eigenvalue weighted by atomic mass is 35.5. The van der Waals surface area contributed by atoms with Gasteiger partial charge in [-0.3, -0.25) is 4.79 Å². The standard InChI is InChI=1S/C27H16Cl3N3O/c28-19-14-21(30)23(15-20(19)29)33-27(34)18-11-12-22-24(13-18)32-26(17-9-5-2-6-10-17)25(31-22)16-7-3-1-4-8-16/h1-15H,(H,33,34). The van der Waals surface area contributed by atoms with Crippen molar-refractivity contribution in [3.8, 4) is 22.5 Å². The van der Waals surface area contributed by atoms with Gasteiger partial charge in [0.25, 0.3) is 5.91 Å². The summed E-state index contributed by atoms with van der Waals surface area (Å²) in [4.78, 5) is 22.8. The van der Waals surface area contributed by atoms with E-state index in [0.29, 0.717) is 37.4 Å². The van der Waals surface area contributed by atoms with Gasteiger partial charge in [-0.05, 0) is 30.3 Å². The van der Waals surface area contributed by atoms with Crippen molar-refractivity contribution in [1.29, 1.82) is 0 Å². The average molecular weight is 505 g/mol. The van der Waals surface area contributed by atoms with Crippen LogP contribution in [-0.2, 0) is 0 Å². The first kappa shape index (κ1) is 22.4. The molecule has 0 fully saturated rings. The van der Waals surface area contributed by atoms with Gasteiger partial charge in [-0.25, -0.2) is 9.97 Å². The highest BCUT2D eigenvalue weighted by Gasteiger charge is 2.16. The minimum absolute atomic E-state index is 0.294. The predicted molar refractivity (Wildman–Crippen MR) is 140 cm³/mol.